The van der Waals surface area contributed by atoms with Gasteiger partial charge in [0, 0.05) is 42.1 Å². The summed E-state index contributed by atoms with van der Waals surface area (Å²) in [5.41, 5.74) is 4.91. The van der Waals surface area contributed by atoms with Gasteiger partial charge in [0.05, 0.1) is 23.0 Å². The van der Waals surface area contributed by atoms with Crippen LogP contribution < -0.4 is 14.9 Å². The van der Waals surface area contributed by atoms with Crippen molar-refractivity contribution in [1.29, 1.82) is 0 Å². The predicted molar refractivity (Wildman–Crippen MR) is 126 cm³/mol. The van der Waals surface area contributed by atoms with Gasteiger partial charge in [-0.2, -0.15) is 13.5 Å². The second kappa shape index (κ2) is 10.0. The molecule has 0 aliphatic carbocycles. The number of aromatic nitrogens is 2. The summed E-state index contributed by atoms with van der Waals surface area (Å²) in [5.74, 6) is 1.21. The van der Waals surface area contributed by atoms with Gasteiger partial charge in [-0.15, -0.1) is 0 Å². The number of fused-ring (bicyclic) bond motifs is 1. The maximum absolute atomic E-state index is 11.6. The van der Waals surface area contributed by atoms with Gasteiger partial charge in [0.15, 0.2) is 11.5 Å². The van der Waals surface area contributed by atoms with Crippen LogP contribution in [0.4, 0.5) is 11.6 Å². The number of hydrogen-bond donors (Lipinski definition) is 1. The number of rotatable bonds is 9. The first kappa shape index (κ1) is 24.0. The molecule has 13 heteroatoms. The van der Waals surface area contributed by atoms with Crippen molar-refractivity contribution in [3.8, 4) is 11.5 Å². The van der Waals surface area contributed by atoms with Crippen molar-refractivity contribution in [1.82, 2.24) is 9.97 Å². The summed E-state index contributed by atoms with van der Waals surface area (Å²) in [6.07, 6.45) is 3.59. The Labute approximate surface area is 200 Å². The van der Waals surface area contributed by atoms with Crippen LogP contribution in [-0.4, -0.2) is 48.2 Å². The molecule has 1 unspecified atom stereocenters. The molecule has 3 aromatic rings. The molecule has 1 atom stereocenters. The van der Waals surface area contributed by atoms with Crippen LogP contribution in [0, 0.1) is 10.1 Å². The van der Waals surface area contributed by atoms with Gasteiger partial charge in [0.2, 0.25) is 12.7 Å². The summed E-state index contributed by atoms with van der Waals surface area (Å²) in [6.45, 7) is 1.67. The van der Waals surface area contributed by atoms with Gasteiger partial charge in [-0.1, -0.05) is 0 Å². The highest BCUT2D eigenvalue weighted by atomic mass is 32.2. The first-order valence-electron chi connectivity index (χ1n) is 10.4. The number of ether oxygens (including phenoxy) is 2. The zero-order chi connectivity index (χ0) is 25.0. The van der Waals surface area contributed by atoms with Crippen LogP contribution in [0.15, 0.2) is 60.0 Å². The molecule has 0 spiro atoms. The number of non-ortho nitro benzene ring substituents is 1. The number of hydrazone groups is 1. The molecule has 35 heavy (non-hydrogen) atoms. The van der Waals surface area contributed by atoms with Crippen LogP contribution in [0.5, 0.6) is 11.5 Å². The summed E-state index contributed by atoms with van der Waals surface area (Å²) in [5, 5.41) is 15.6. The summed E-state index contributed by atoms with van der Waals surface area (Å²) in [7, 11) is -3.68. The van der Waals surface area contributed by atoms with Crippen LogP contribution in [0.25, 0.3) is 0 Å². The first-order chi connectivity index (χ1) is 16.7. The normalized spacial score (nSPS) is 13.9. The SMILES string of the molecule is CC(Cc1cc2c(cc1C(=NNc1ncccn1)c1ccc([N+](=O)[O-])cc1)OCO2)OS(C)(=O)=O. The van der Waals surface area contributed by atoms with Crippen LogP contribution in [0.1, 0.15) is 23.6 Å². The zero-order valence-corrected chi connectivity index (χ0v) is 19.6. The van der Waals surface area contributed by atoms with E-state index in [0.717, 1.165) is 6.26 Å². The molecular weight excluding hydrogens is 478 g/mol. The number of benzene rings is 2. The lowest BCUT2D eigenvalue weighted by Gasteiger charge is -2.17. The van der Waals surface area contributed by atoms with E-state index in [4.69, 9.17) is 13.7 Å². The molecule has 1 aliphatic heterocycles. The molecule has 0 bridgehead atoms. The Kier molecular flexibility index (Phi) is 6.89. The molecule has 0 saturated heterocycles. The number of anilines is 1. The number of nitrogens with zero attached hydrogens (tertiary/aromatic N) is 4. The topological polar surface area (TPSA) is 155 Å². The average Bonchev–Trinajstić information content (AvgIpc) is 3.26. The van der Waals surface area contributed by atoms with Crippen molar-refractivity contribution in [3.63, 3.8) is 0 Å². The Balaban J connectivity index is 1.81. The highest BCUT2D eigenvalue weighted by molar-refractivity contribution is 7.86. The minimum Gasteiger partial charge on any atom is -0.454 e. The van der Waals surface area contributed by atoms with Crippen molar-refractivity contribution in [2.24, 2.45) is 5.10 Å². The molecule has 0 radical (unpaired) electrons. The standard InChI is InChI=1S/C22H21N5O7S/c1-14(34-35(2,30)31)10-16-11-19-20(33-13-32-19)12-18(16)21(25-26-22-23-8-3-9-24-22)15-4-6-17(7-5-15)27(28)29/h3-9,11-12,14H,10,13H2,1-2H3,(H,23,24,26). The second-order valence-electron chi connectivity index (χ2n) is 7.63. The van der Waals surface area contributed by atoms with Gasteiger partial charge in [0.25, 0.3) is 15.8 Å². The maximum atomic E-state index is 11.6. The predicted octanol–water partition coefficient (Wildman–Crippen LogP) is 2.89. The van der Waals surface area contributed by atoms with Crippen molar-refractivity contribution in [2.75, 3.05) is 18.5 Å². The molecule has 2 aromatic carbocycles. The first-order valence-corrected chi connectivity index (χ1v) is 12.2. The molecular formula is C22H21N5O7S. The Bertz CT molecular complexity index is 1360. The van der Waals surface area contributed by atoms with E-state index < -0.39 is 21.1 Å². The second-order valence-corrected chi connectivity index (χ2v) is 9.23. The summed E-state index contributed by atoms with van der Waals surface area (Å²) >= 11 is 0. The minimum absolute atomic E-state index is 0.0354. The number of nitro groups is 1. The van der Waals surface area contributed by atoms with Gasteiger partial charge in [-0.3, -0.25) is 14.3 Å². The van der Waals surface area contributed by atoms with Crippen molar-refractivity contribution < 1.29 is 27.0 Å². The third kappa shape index (κ3) is 6.07. The Morgan fingerprint density at radius 3 is 2.49 bits per heavy atom. The molecule has 12 nitrogen and oxygen atoms in total. The summed E-state index contributed by atoms with van der Waals surface area (Å²) in [6, 6.07) is 11.0. The zero-order valence-electron chi connectivity index (χ0n) is 18.7. The highest BCUT2D eigenvalue weighted by Gasteiger charge is 2.23. The molecule has 1 N–H and O–H groups in total. The molecule has 182 valence electrons. The molecule has 4 rings (SSSR count). The Hall–Kier alpha value is -4.10. The number of hydrogen-bond acceptors (Lipinski definition) is 11. The van der Waals surface area contributed by atoms with Gasteiger partial charge in [-0.05, 0) is 42.8 Å². The van der Waals surface area contributed by atoms with E-state index >= 15 is 0 Å². The van der Waals surface area contributed by atoms with Gasteiger partial charge in [-0.25, -0.2) is 15.4 Å². The van der Waals surface area contributed by atoms with E-state index in [1.807, 2.05) is 0 Å². The van der Waals surface area contributed by atoms with Gasteiger partial charge >= 0.3 is 0 Å². The van der Waals surface area contributed by atoms with E-state index in [1.54, 1.807) is 49.6 Å². The molecule has 0 amide bonds. The quantitative estimate of drug-likeness (QED) is 0.201. The average molecular weight is 500 g/mol. The van der Waals surface area contributed by atoms with Crippen LogP contribution >= 0.6 is 0 Å². The highest BCUT2D eigenvalue weighted by Crippen LogP contribution is 2.36. The lowest BCUT2D eigenvalue weighted by Crippen LogP contribution is -2.19. The Morgan fingerprint density at radius 1 is 1.20 bits per heavy atom. The molecule has 0 saturated carbocycles. The molecule has 2 heterocycles. The molecule has 1 aliphatic rings. The minimum atomic E-state index is -3.68. The summed E-state index contributed by atoms with van der Waals surface area (Å²) < 4.78 is 39.4. The fraction of sp³-hybridized carbons (Fsp3) is 0.227. The molecule has 1 aromatic heterocycles. The maximum Gasteiger partial charge on any atom is 0.269 e. The largest absolute Gasteiger partial charge is 0.454 e. The van der Waals surface area contributed by atoms with Crippen LogP contribution in [0.2, 0.25) is 0 Å². The van der Waals surface area contributed by atoms with Crippen molar-refractivity contribution in [3.05, 3.63) is 81.7 Å². The fourth-order valence-electron chi connectivity index (χ4n) is 3.50. The fourth-order valence-corrected chi connectivity index (χ4v) is 4.16. The number of nitro benzene ring substituents is 1. The van der Waals surface area contributed by atoms with Crippen molar-refractivity contribution >= 4 is 27.5 Å². The monoisotopic (exact) mass is 499 g/mol. The van der Waals surface area contributed by atoms with E-state index in [0.29, 0.717) is 33.9 Å². The van der Waals surface area contributed by atoms with E-state index in [-0.39, 0.29) is 24.8 Å². The van der Waals surface area contributed by atoms with Crippen LogP contribution in [-0.2, 0) is 20.7 Å². The number of nitrogens with one attached hydrogen (secondary N) is 1. The van der Waals surface area contributed by atoms with Crippen molar-refractivity contribution in [2.45, 2.75) is 19.4 Å². The van der Waals surface area contributed by atoms with E-state index in [2.05, 4.69) is 20.5 Å². The Morgan fingerprint density at radius 2 is 1.86 bits per heavy atom. The van der Waals surface area contributed by atoms with E-state index in [1.165, 1.54) is 12.1 Å². The third-order valence-corrected chi connectivity index (χ3v) is 5.56. The third-order valence-electron chi connectivity index (χ3n) is 4.89. The van der Waals surface area contributed by atoms with E-state index in [9.17, 15) is 18.5 Å². The van der Waals surface area contributed by atoms with Gasteiger partial charge in [0.1, 0.15) is 0 Å². The smallest absolute Gasteiger partial charge is 0.269 e. The van der Waals surface area contributed by atoms with Crippen LogP contribution in [0.3, 0.4) is 0 Å². The lowest BCUT2D eigenvalue weighted by molar-refractivity contribution is -0.384. The lowest BCUT2D eigenvalue weighted by atomic mass is 9.94. The summed E-state index contributed by atoms with van der Waals surface area (Å²) in [4.78, 5) is 18.8. The molecule has 0 fully saturated rings. The van der Waals surface area contributed by atoms with Gasteiger partial charge < -0.3 is 9.47 Å².